The van der Waals surface area contributed by atoms with Gasteiger partial charge in [-0.05, 0) is 44.0 Å². The van der Waals surface area contributed by atoms with Crippen molar-refractivity contribution in [1.29, 1.82) is 0 Å². The molecule has 1 aromatic carbocycles. The average molecular weight is 385 g/mol. The van der Waals surface area contributed by atoms with Crippen molar-refractivity contribution in [3.8, 4) is 0 Å². The maximum absolute atomic E-state index is 13.2. The predicted molar refractivity (Wildman–Crippen MR) is 95.9 cm³/mol. The minimum atomic E-state index is -4.62. The predicted octanol–water partition coefficient (Wildman–Crippen LogP) is 3.41. The van der Waals surface area contributed by atoms with Gasteiger partial charge in [0.15, 0.2) is 5.96 Å². The second kappa shape index (κ2) is 8.88. The van der Waals surface area contributed by atoms with Crippen LogP contribution in [0.5, 0.6) is 0 Å². The summed E-state index contributed by atoms with van der Waals surface area (Å²) in [6.45, 7) is 5.09. The van der Waals surface area contributed by atoms with Crippen molar-refractivity contribution < 1.29 is 17.6 Å². The Morgan fingerprint density at radius 1 is 1.19 bits per heavy atom. The summed E-state index contributed by atoms with van der Waals surface area (Å²) in [5.74, 6) is -0.543. The number of alkyl halides is 3. The lowest BCUT2D eigenvalue weighted by molar-refractivity contribution is -0.138. The van der Waals surface area contributed by atoms with Crippen molar-refractivity contribution in [3.05, 3.63) is 52.6 Å². The number of aliphatic imine (C=N–C) groups is 1. The van der Waals surface area contributed by atoms with Gasteiger partial charge in [-0.25, -0.2) is 4.39 Å². The van der Waals surface area contributed by atoms with Crippen LogP contribution in [-0.2, 0) is 19.3 Å². The molecule has 0 amide bonds. The maximum atomic E-state index is 13.2. The number of hydrogen-bond donors (Lipinski definition) is 2. The van der Waals surface area contributed by atoms with Crippen LogP contribution < -0.4 is 10.6 Å². The molecular formula is C18H23F4N5. The lowest BCUT2D eigenvalue weighted by Gasteiger charge is -2.16. The van der Waals surface area contributed by atoms with Crippen LogP contribution in [0.15, 0.2) is 29.3 Å². The summed E-state index contributed by atoms with van der Waals surface area (Å²) in [6, 6.07) is 4.63. The second-order valence-corrected chi connectivity index (χ2v) is 6.16. The number of hydrogen-bond acceptors (Lipinski definition) is 2. The van der Waals surface area contributed by atoms with Crippen LogP contribution in [-0.4, -0.2) is 29.3 Å². The van der Waals surface area contributed by atoms with E-state index in [2.05, 4.69) is 20.7 Å². The maximum Gasteiger partial charge on any atom is 0.416 e. The van der Waals surface area contributed by atoms with E-state index in [0.717, 1.165) is 36.5 Å². The Balaban J connectivity index is 1.86. The first-order chi connectivity index (χ1) is 12.7. The smallest absolute Gasteiger partial charge is 0.356 e. The van der Waals surface area contributed by atoms with Crippen molar-refractivity contribution >= 4 is 5.96 Å². The molecule has 0 fully saturated rings. The van der Waals surface area contributed by atoms with Gasteiger partial charge in [0, 0.05) is 32.4 Å². The van der Waals surface area contributed by atoms with E-state index in [9.17, 15) is 17.6 Å². The summed E-state index contributed by atoms with van der Waals surface area (Å²) in [5.41, 5.74) is 0.994. The number of halogens is 4. The zero-order valence-electron chi connectivity index (χ0n) is 15.5. The third kappa shape index (κ3) is 5.97. The van der Waals surface area contributed by atoms with Gasteiger partial charge >= 0.3 is 6.18 Å². The lowest BCUT2D eigenvalue weighted by atomic mass is 10.1. The fourth-order valence-electron chi connectivity index (χ4n) is 2.70. The molecule has 2 N–H and O–H groups in total. The number of nitrogens with one attached hydrogen (secondary N) is 2. The molecule has 0 aliphatic rings. The molecule has 0 unspecified atom stereocenters. The summed E-state index contributed by atoms with van der Waals surface area (Å²) in [7, 11) is 1.53. The van der Waals surface area contributed by atoms with Crippen molar-refractivity contribution in [2.24, 2.45) is 4.99 Å². The Kier molecular flexibility index (Phi) is 6.81. The van der Waals surface area contributed by atoms with Gasteiger partial charge in [0.1, 0.15) is 5.82 Å². The van der Waals surface area contributed by atoms with E-state index in [0.29, 0.717) is 18.6 Å². The first-order valence-corrected chi connectivity index (χ1v) is 8.52. The Hall–Kier alpha value is -2.58. The zero-order chi connectivity index (χ0) is 20.0. The SMILES string of the molecule is CN=C(NCCCn1nc(C)cc1C)NCc1ccc(F)cc1C(F)(F)F. The molecule has 1 aromatic heterocycles. The van der Waals surface area contributed by atoms with Crippen LogP contribution >= 0.6 is 0 Å². The van der Waals surface area contributed by atoms with Crippen LogP contribution in [0.3, 0.4) is 0 Å². The van der Waals surface area contributed by atoms with E-state index in [-0.39, 0.29) is 12.1 Å². The Morgan fingerprint density at radius 2 is 1.93 bits per heavy atom. The Bertz CT molecular complexity index is 796. The third-order valence-electron chi connectivity index (χ3n) is 3.99. The normalized spacial score (nSPS) is 12.3. The van der Waals surface area contributed by atoms with Gasteiger partial charge in [0.2, 0.25) is 0 Å². The molecule has 27 heavy (non-hydrogen) atoms. The molecule has 9 heteroatoms. The molecule has 148 valence electrons. The highest BCUT2D eigenvalue weighted by molar-refractivity contribution is 5.79. The molecule has 2 rings (SSSR count). The lowest BCUT2D eigenvalue weighted by Crippen LogP contribution is -2.38. The minimum Gasteiger partial charge on any atom is -0.356 e. The summed E-state index contributed by atoms with van der Waals surface area (Å²) >= 11 is 0. The molecule has 5 nitrogen and oxygen atoms in total. The average Bonchev–Trinajstić information content (AvgIpc) is 2.91. The van der Waals surface area contributed by atoms with Gasteiger partial charge in [-0.15, -0.1) is 0 Å². The van der Waals surface area contributed by atoms with Crippen molar-refractivity contribution in [1.82, 2.24) is 20.4 Å². The van der Waals surface area contributed by atoms with Gasteiger partial charge in [0.25, 0.3) is 0 Å². The van der Waals surface area contributed by atoms with Crippen molar-refractivity contribution in [2.75, 3.05) is 13.6 Å². The van der Waals surface area contributed by atoms with Crippen molar-refractivity contribution in [2.45, 2.75) is 39.5 Å². The number of benzene rings is 1. The van der Waals surface area contributed by atoms with Crippen LogP contribution in [0.25, 0.3) is 0 Å². The van der Waals surface area contributed by atoms with Crippen LogP contribution in [0.1, 0.15) is 28.9 Å². The highest BCUT2D eigenvalue weighted by atomic mass is 19.4. The molecule has 0 bridgehead atoms. The number of nitrogens with zero attached hydrogens (tertiary/aromatic N) is 3. The van der Waals surface area contributed by atoms with E-state index in [1.165, 1.54) is 7.05 Å². The van der Waals surface area contributed by atoms with Gasteiger partial charge < -0.3 is 10.6 Å². The quantitative estimate of drug-likeness (QED) is 0.347. The largest absolute Gasteiger partial charge is 0.416 e. The van der Waals surface area contributed by atoms with E-state index in [1.54, 1.807) is 0 Å². The summed E-state index contributed by atoms with van der Waals surface area (Å²) in [4.78, 5) is 4.00. The van der Waals surface area contributed by atoms with E-state index < -0.39 is 17.6 Å². The highest BCUT2D eigenvalue weighted by Gasteiger charge is 2.33. The number of aromatic nitrogens is 2. The first kappa shape index (κ1) is 20.7. The van der Waals surface area contributed by atoms with E-state index in [1.807, 2.05) is 24.6 Å². The molecule has 0 atom stereocenters. The highest BCUT2D eigenvalue weighted by Crippen LogP contribution is 2.32. The van der Waals surface area contributed by atoms with Crippen molar-refractivity contribution in [3.63, 3.8) is 0 Å². The molecular weight excluding hydrogens is 362 g/mol. The fraction of sp³-hybridized carbons (Fsp3) is 0.444. The molecule has 0 spiro atoms. The Labute approximate surface area is 155 Å². The molecule has 0 saturated heterocycles. The second-order valence-electron chi connectivity index (χ2n) is 6.16. The van der Waals surface area contributed by atoms with Gasteiger partial charge in [0.05, 0.1) is 11.3 Å². The van der Waals surface area contributed by atoms with Crippen LogP contribution in [0, 0.1) is 19.7 Å². The zero-order valence-corrected chi connectivity index (χ0v) is 15.5. The fourth-order valence-corrected chi connectivity index (χ4v) is 2.70. The van der Waals surface area contributed by atoms with E-state index >= 15 is 0 Å². The number of guanidine groups is 1. The number of rotatable bonds is 6. The summed E-state index contributed by atoms with van der Waals surface area (Å²) in [6.07, 6.45) is -3.84. The first-order valence-electron chi connectivity index (χ1n) is 8.52. The summed E-state index contributed by atoms with van der Waals surface area (Å²) in [5, 5.41) is 10.2. The summed E-state index contributed by atoms with van der Waals surface area (Å²) < 4.78 is 54.1. The molecule has 0 radical (unpaired) electrons. The van der Waals surface area contributed by atoms with Gasteiger partial charge in [-0.3, -0.25) is 9.67 Å². The molecule has 0 aliphatic carbocycles. The molecule has 2 aromatic rings. The third-order valence-corrected chi connectivity index (χ3v) is 3.99. The topological polar surface area (TPSA) is 54.2 Å². The molecule has 0 aliphatic heterocycles. The molecule has 1 heterocycles. The minimum absolute atomic E-state index is 0.0468. The standard InChI is InChI=1S/C18H23F4N5/c1-12-9-13(2)27(26-12)8-4-7-24-17(23-3)25-11-14-5-6-15(19)10-16(14)18(20,21)22/h5-6,9-10H,4,7-8,11H2,1-3H3,(H2,23,24,25). The Morgan fingerprint density at radius 3 is 2.52 bits per heavy atom. The monoisotopic (exact) mass is 385 g/mol. The number of aryl methyl sites for hydroxylation is 3. The van der Waals surface area contributed by atoms with Crippen LogP contribution in [0.2, 0.25) is 0 Å². The van der Waals surface area contributed by atoms with Gasteiger partial charge in [-0.2, -0.15) is 18.3 Å². The molecule has 0 saturated carbocycles. The van der Waals surface area contributed by atoms with Crippen LogP contribution in [0.4, 0.5) is 17.6 Å². The van der Waals surface area contributed by atoms with Gasteiger partial charge in [-0.1, -0.05) is 6.07 Å². The van der Waals surface area contributed by atoms with E-state index in [4.69, 9.17) is 0 Å².